The number of allylic oxidation sites excluding steroid dienone is 1. The Balaban J connectivity index is 3.23. The number of nitrogens with one attached hydrogen (secondary N) is 1. The molecule has 0 radical (unpaired) electrons. The lowest BCUT2D eigenvalue weighted by atomic mass is 10.0. The lowest BCUT2D eigenvalue weighted by molar-refractivity contribution is -0.143. The second-order valence-corrected chi connectivity index (χ2v) is 5.09. The highest BCUT2D eigenvalue weighted by Crippen LogP contribution is 2.36. The zero-order chi connectivity index (χ0) is 19.4. The molecule has 1 aromatic carbocycles. The van der Waals surface area contributed by atoms with Gasteiger partial charge in [-0.25, -0.2) is 0 Å². The molecule has 1 aromatic rings. The summed E-state index contributed by atoms with van der Waals surface area (Å²) in [6, 6.07) is -0.804. The van der Waals surface area contributed by atoms with Crippen molar-refractivity contribution in [1.82, 2.24) is 5.32 Å². The Bertz CT molecular complexity index is 635. The Hall–Kier alpha value is -2.52. The maximum absolute atomic E-state index is 12.8. The average molecular weight is 368 g/mol. The van der Waals surface area contributed by atoms with E-state index in [0.717, 1.165) is 0 Å². The van der Waals surface area contributed by atoms with E-state index >= 15 is 0 Å². The first-order chi connectivity index (χ1) is 11.4. The fourth-order valence-electron chi connectivity index (χ4n) is 1.90. The van der Waals surface area contributed by atoms with Gasteiger partial charge in [0.05, 0.1) is 11.1 Å². The Labute approximate surface area is 138 Å². The van der Waals surface area contributed by atoms with E-state index in [2.05, 4.69) is 6.58 Å². The first kappa shape index (κ1) is 20.5. The van der Waals surface area contributed by atoms with Crippen LogP contribution in [0.5, 0.6) is 0 Å². The molecule has 0 aromatic heterocycles. The van der Waals surface area contributed by atoms with E-state index in [1.165, 1.54) is 6.08 Å². The molecule has 25 heavy (non-hydrogen) atoms. The van der Waals surface area contributed by atoms with Crippen LogP contribution in [0.1, 0.15) is 34.3 Å². The highest BCUT2D eigenvalue weighted by Gasteiger charge is 2.37. The second kappa shape index (κ2) is 7.58. The number of alkyl halides is 6. The van der Waals surface area contributed by atoms with E-state index in [4.69, 9.17) is 5.73 Å². The van der Waals surface area contributed by atoms with Gasteiger partial charge < -0.3 is 11.1 Å². The van der Waals surface area contributed by atoms with Crippen LogP contribution in [-0.4, -0.2) is 17.9 Å². The van der Waals surface area contributed by atoms with E-state index in [1.807, 2.05) is 5.32 Å². The van der Waals surface area contributed by atoms with Gasteiger partial charge in [-0.05, 0) is 31.0 Å². The smallest absolute Gasteiger partial charge is 0.368 e. The summed E-state index contributed by atoms with van der Waals surface area (Å²) < 4.78 is 76.6. The third kappa shape index (κ3) is 5.80. The number of amides is 2. The summed E-state index contributed by atoms with van der Waals surface area (Å²) >= 11 is 0. The molecule has 2 amide bonds. The molecule has 0 unspecified atom stereocenters. The van der Waals surface area contributed by atoms with Crippen molar-refractivity contribution >= 4 is 11.8 Å². The summed E-state index contributed by atoms with van der Waals surface area (Å²) in [5.74, 6) is -2.25. The minimum absolute atomic E-state index is 0.00959. The fourth-order valence-corrected chi connectivity index (χ4v) is 1.90. The van der Waals surface area contributed by atoms with Gasteiger partial charge in [-0.1, -0.05) is 6.08 Å². The van der Waals surface area contributed by atoms with Gasteiger partial charge in [-0.3, -0.25) is 9.59 Å². The van der Waals surface area contributed by atoms with Crippen LogP contribution in [0.15, 0.2) is 30.9 Å². The Morgan fingerprint density at radius 1 is 1.08 bits per heavy atom. The molecule has 3 N–H and O–H groups in total. The highest BCUT2D eigenvalue weighted by molar-refractivity contribution is 5.97. The van der Waals surface area contributed by atoms with E-state index in [1.54, 1.807) is 0 Å². The standard InChI is InChI=1S/C15H14F6N2O2/c1-2-3-4-11(12(22)24)23-13(25)8-5-9(14(16,17)18)7-10(6-8)15(19,20)21/h2,5-7,11H,1,3-4H2,(H2,22,24)(H,23,25)/t11-/m1/s1. The molecule has 0 aliphatic carbocycles. The number of carbonyl (C=O) groups excluding carboxylic acids is 2. The zero-order valence-electron chi connectivity index (χ0n) is 12.7. The molecule has 4 nitrogen and oxygen atoms in total. The molecule has 0 fully saturated rings. The Morgan fingerprint density at radius 2 is 1.56 bits per heavy atom. The molecule has 138 valence electrons. The lowest BCUT2D eigenvalue weighted by Gasteiger charge is -2.17. The summed E-state index contributed by atoms with van der Waals surface area (Å²) in [5.41, 5.74) is 0.911. The zero-order valence-corrected chi connectivity index (χ0v) is 12.7. The number of rotatable bonds is 6. The molecule has 0 heterocycles. The molecule has 0 bridgehead atoms. The van der Waals surface area contributed by atoms with Gasteiger partial charge in [-0.15, -0.1) is 6.58 Å². The fraction of sp³-hybridized carbons (Fsp3) is 0.333. The second-order valence-electron chi connectivity index (χ2n) is 5.09. The molecule has 0 aliphatic heterocycles. The number of nitrogens with two attached hydrogens (primary N) is 1. The topological polar surface area (TPSA) is 72.2 Å². The Kier molecular flexibility index (Phi) is 6.22. The largest absolute Gasteiger partial charge is 0.416 e. The van der Waals surface area contributed by atoms with Gasteiger partial charge >= 0.3 is 12.4 Å². The third-order valence-corrected chi connectivity index (χ3v) is 3.16. The van der Waals surface area contributed by atoms with Crippen LogP contribution in [0, 0.1) is 0 Å². The molecule has 0 spiro atoms. The summed E-state index contributed by atoms with van der Waals surface area (Å²) in [5, 5.41) is 2.03. The van der Waals surface area contributed by atoms with Crippen molar-refractivity contribution in [2.24, 2.45) is 5.73 Å². The van der Waals surface area contributed by atoms with Crippen LogP contribution in [0.2, 0.25) is 0 Å². The number of hydrogen-bond donors (Lipinski definition) is 2. The predicted octanol–water partition coefficient (Wildman–Crippen LogP) is 3.27. The number of halogens is 6. The normalized spacial score (nSPS) is 13.2. The van der Waals surface area contributed by atoms with Gasteiger partial charge in [0.25, 0.3) is 5.91 Å². The molecular weight excluding hydrogens is 354 g/mol. The maximum atomic E-state index is 12.8. The van der Waals surface area contributed by atoms with E-state index in [9.17, 15) is 35.9 Å². The summed E-state index contributed by atoms with van der Waals surface area (Å²) in [4.78, 5) is 23.2. The highest BCUT2D eigenvalue weighted by atomic mass is 19.4. The first-order valence-electron chi connectivity index (χ1n) is 6.86. The van der Waals surface area contributed by atoms with Crippen LogP contribution < -0.4 is 11.1 Å². The van der Waals surface area contributed by atoms with E-state index in [0.29, 0.717) is 0 Å². The number of carbonyl (C=O) groups is 2. The molecular formula is C15H14F6N2O2. The quantitative estimate of drug-likeness (QED) is 0.598. The van der Waals surface area contributed by atoms with Gasteiger partial charge in [0.1, 0.15) is 6.04 Å². The molecule has 0 saturated heterocycles. The van der Waals surface area contributed by atoms with Crippen molar-refractivity contribution in [3.63, 3.8) is 0 Å². The molecule has 0 saturated carbocycles. The summed E-state index contributed by atoms with van der Waals surface area (Å²) in [6.07, 6.45) is -8.49. The van der Waals surface area contributed by atoms with Crippen molar-refractivity contribution in [2.75, 3.05) is 0 Å². The summed E-state index contributed by atoms with van der Waals surface area (Å²) in [7, 11) is 0. The van der Waals surface area contributed by atoms with E-state index in [-0.39, 0.29) is 31.0 Å². The lowest BCUT2D eigenvalue weighted by Crippen LogP contribution is -2.44. The predicted molar refractivity (Wildman–Crippen MR) is 76.3 cm³/mol. The minimum Gasteiger partial charge on any atom is -0.368 e. The Morgan fingerprint density at radius 3 is 1.92 bits per heavy atom. The van der Waals surface area contributed by atoms with Crippen LogP contribution in [0.3, 0.4) is 0 Å². The van der Waals surface area contributed by atoms with Crippen molar-refractivity contribution in [3.05, 3.63) is 47.5 Å². The van der Waals surface area contributed by atoms with Gasteiger partial charge in [0.2, 0.25) is 5.91 Å². The molecule has 1 atom stereocenters. The molecule has 0 aliphatic rings. The van der Waals surface area contributed by atoms with Crippen LogP contribution in [0.4, 0.5) is 26.3 Å². The first-order valence-corrected chi connectivity index (χ1v) is 6.86. The number of hydrogen-bond acceptors (Lipinski definition) is 2. The van der Waals surface area contributed by atoms with Gasteiger partial charge in [-0.2, -0.15) is 26.3 Å². The van der Waals surface area contributed by atoms with Crippen LogP contribution >= 0.6 is 0 Å². The SMILES string of the molecule is C=CCC[C@@H](NC(=O)c1cc(C(F)(F)F)cc(C(F)(F)F)c1)C(N)=O. The van der Waals surface area contributed by atoms with Crippen LogP contribution in [-0.2, 0) is 17.1 Å². The maximum Gasteiger partial charge on any atom is 0.416 e. The molecule has 10 heteroatoms. The van der Waals surface area contributed by atoms with Crippen molar-refractivity contribution in [2.45, 2.75) is 31.2 Å². The van der Waals surface area contributed by atoms with E-state index < -0.39 is 46.9 Å². The van der Waals surface area contributed by atoms with Gasteiger partial charge in [0, 0.05) is 5.56 Å². The third-order valence-electron chi connectivity index (χ3n) is 3.16. The van der Waals surface area contributed by atoms with Crippen molar-refractivity contribution in [1.29, 1.82) is 0 Å². The van der Waals surface area contributed by atoms with Crippen LogP contribution in [0.25, 0.3) is 0 Å². The number of primary amides is 1. The van der Waals surface area contributed by atoms with Crippen molar-refractivity contribution in [3.8, 4) is 0 Å². The summed E-state index contributed by atoms with van der Waals surface area (Å²) in [6.45, 7) is 3.39. The molecule has 1 rings (SSSR count). The average Bonchev–Trinajstić information content (AvgIpc) is 2.48. The monoisotopic (exact) mass is 368 g/mol. The number of benzene rings is 1. The van der Waals surface area contributed by atoms with Gasteiger partial charge in [0.15, 0.2) is 0 Å². The van der Waals surface area contributed by atoms with Crippen molar-refractivity contribution < 1.29 is 35.9 Å². The minimum atomic E-state index is -5.08.